The van der Waals surface area contributed by atoms with E-state index in [1.807, 2.05) is 0 Å². The summed E-state index contributed by atoms with van der Waals surface area (Å²) in [4.78, 5) is 14.6. The number of nitrogens with one attached hydrogen (secondary N) is 1. The van der Waals surface area contributed by atoms with Crippen LogP contribution in [-0.2, 0) is 19.5 Å². The predicted molar refractivity (Wildman–Crippen MR) is 106 cm³/mol. The summed E-state index contributed by atoms with van der Waals surface area (Å²) in [7, 11) is 2.09. The Hall–Kier alpha value is -2.64. The molecule has 4 rings (SSSR count). The summed E-state index contributed by atoms with van der Waals surface area (Å²) < 4.78 is 12.9. The van der Waals surface area contributed by atoms with Gasteiger partial charge in [0.1, 0.15) is 10.8 Å². The molecule has 0 bridgehead atoms. The molecule has 1 aliphatic rings. The Morgan fingerprint density at radius 1 is 1.21 bits per heavy atom. The van der Waals surface area contributed by atoms with Crippen molar-refractivity contribution in [1.29, 1.82) is 0 Å². The van der Waals surface area contributed by atoms with Gasteiger partial charge in [0.05, 0.1) is 6.54 Å². The number of aryl methyl sites for hydroxylation is 1. The summed E-state index contributed by atoms with van der Waals surface area (Å²) in [6.45, 7) is 0.981. The standard InChI is InChI=1S/C21H21FN4OS/c1-26(18-11-8-15-4-2-3-5-17(15)18)13-19-24-25-21(28-19)20(27)23-12-14-6-9-16(22)10-7-14/h2-7,9-10,18H,8,11-13H2,1H3,(H,23,27)/t18-/m0/s1. The number of hydrogen-bond acceptors (Lipinski definition) is 5. The van der Waals surface area contributed by atoms with Crippen LogP contribution < -0.4 is 5.32 Å². The van der Waals surface area contributed by atoms with E-state index < -0.39 is 0 Å². The summed E-state index contributed by atoms with van der Waals surface area (Å²) in [6, 6.07) is 15.0. The predicted octanol–water partition coefficient (Wildman–Crippen LogP) is 3.73. The number of hydrogen-bond donors (Lipinski definition) is 1. The molecule has 1 aliphatic carbocycles. The third-order valence-corrected chi connectivity index (χ3v) is 5.95. The van der Waals surface area contributed by atoms with Crippen LogP contribution in [-0.4, -0.2) is 28.1 Å². The number of nitrogens with zero attached hydrogens (tertiary/aromatic N) is 3. The fourth-order valence-electron chi connectivity index (χ4n) is 3.59. The van der Waals surface area contributed by atoms with E-state index in [-0.39, 0.29) is 11.7 Å². The minimum Gasteiger partial charge on any atom is -0.346 e. The van der Waals surface area contributed by atoms with Crippen LogP contribution in [0.2, 0.25) is 0 Å². The normalized spacial score (nSPS) is 15.6. The van der Waals surface area contributed by atoms with Crippen molar-refractivity contribution < 1.29 is 9.18 Å². The molecule has 7 heteroatoms. The molecule has 1 N–H and O–H groups in total. The van der Waals surface area contributed by atoms with Gasteiger partial charge in [-0.25, -0.2) is 4.39 Å². The molecule has 0 aliphatic heterocycles. The zero-order valence-electron chi connectivity index (χ0n) is 15.6. The zero-order chi connectivity index (χ0) is 19.5. The molecule has 1 amide bonds. The Bertz CT molecular complexity index is 973. The van der Waals surface area contributed by atoms with Crippen molar-refractivity contribution in [3.63, 3.8) is 0 Å². The van der Waals surface area contributed by atoms with Gasteiger partial charge in [-0.3, -0.25) is 9.69 Å². The first-order valence-electron chi connectivity index (χ1n) is 9.23. The quantitative estimate of drug-likeness (QED) is 0.690. The van der Waals surface area contributed by atoms with Gasteiger partial charge in [-0.1, -0.05) is 47.7 Å². The van der Waals surface area contributed by atoms with Crippen molar-refractivity contribution in [2.75, 3.05) is 7.05 Å². The van der Waals surface area contributed by atoms with Gasteiger partial charge in [0.2, 0.25) is 5.01 Å². The third-order valence-electron chi connectivity index (χ3n) is 5.05. The van der Waals surface area contributed by atoms with E-state index >= 15 is 0 Å². The van der Waals surface area contributed by atoms with Gasteiger partial charge >= 0.3 is 0 Å². The molecule has 0 radical (unpaired) electrons. The average Bonchev–Trinajstić information content (AvgIpc) is 3.34. The number of carbonyl (C=O) groups is 1. The molecule has 1 heterocycles. The molecule has 1 aromatic heterocycles. The van der Waals surface area contributed by atoms with Crippen LogP contribution in [0, 0.1) is 5.82 Å². The minimum absolute atomic E-state index is 0.262. The van der Waals surface area contributed by atoms with Crippen molar-refractivity contribution in [3.8, 4) is 0 Å². The van der Waals surface area contributed by atoms with E-state index in [1.54, 1.807) is 12.1 Å². The Kier molecular flexibility index (Phi) is 5.45. The third kappa shape index (κ3) is 4.10. The SMILES string of the molecule is CN(Cc1nnc(C(=O)NCc2ccc(F)cc2)s1)[C@H]1CCc2ccccc21. The first kappa shape index (κ1) is 18.7. The van der Waals surface area contributed by atoms with Gasteiger partial charge in [-0.05, 0) is 48.7 Å². The average molecular weight is 396 g/mol. The second kappa shape index (κ2) is 8.16. The maximum Gasteiger partial charge on any atom is 0.282 e. The highest BCUT2D eigenvalue weighted by Gasteiger charge is 2.26. The smallest absolute Gasteiger partial charge is 0.282 e. The highest BCUT2D eigenvalue weighted by atomic mass is 32.1. The Balaban J connectivity index is 1.35. The highest BCUT2D eigenvalue weighted by molar-refractivity contribution is 7.13. The van der Waals surface area contributed by atoms with Crippen molar-refractivity contribution in [2.45, 2.75) is 32.0 Å². The molecule has 1 atom stereocenters. The first-order valence-corrected chi connectivity index (χ1v) is 10.0. The molecule has 0 unspecified atom stereocenters. The van der Waals surface area contributed by atoms with E-state index in [2.05, 4.69) is 51.7 Å². The molecule has 5 nitrogen and oxygen atoms in total. The van der Waals surface area contributed by atoms with Gasteiger partial charge in [0, 0.05) is 12.6 Å². The van der Waals surface area contributed by atoms with Crippen molar-refractivity contribution in [2.24, 2.45) is 0 Å². The fraction of sp³-hybridized carbons (Fsp3) is 0.286. The van der Waals surface area contributed by atoms with Crippen LogP contribution >= 0.6 is 11.3 Å². The number of amides is 1. The van der Waals surface area contributed by atoms with Crippen LogP contribution in [0.1, 0.15) is 44.0 Å². The summed E-state index contributed by atoms with van der Waals surface area (Å²) in [5.41, 5.74) is 3.63. The van der Waals surface area contributed by atoms with Gasteiger partial charge in [-0.2, -0.15) is 0 Å². The molecule has 0 saturated heterocycles. The topological polar surface area (TPSA) is 58.1 Å². The Morgan fingerprint density at radius 3 is 2.82 bits per heavy atom. The number of carbonyl (C=O) groups excluding carboxylic acids is 1. The second-order valence-electron chi connectivity index (χ2n) is 6.98. The van der Waals surface area contributed by atoms with Crippen LogP contribution in [0.5, 0.6) is 0 Å². The summed E-state index contributed by atoms with van der Waals surface area (Å²) in [5, 5.41) is 12.2. The molecule has 3 aromatic rings. The number of fused-ring (bicyclic) bond motifs is 1. The maximum absolute atomic E-state index is 12.9. The van der Waals surface area contributed by atoms with Crippen molar-refractivity contribution in [1.82, 2.24) is 20.4 Å². The molecule has 0 spiro atoms. The number of benzene rings is 2. The highest BCUT2D eigenvalue weighted by Crippen LogP contribution is 2.35. The minimum atomic E-state index is -0.294. The van der Waals surface area contributed by atoms with E-state index in [9.17, 15) is 9.18 Å². The van der Waals surface area contributed by atoms with Gasteiger partial charge in [0.15, 0.2) is 0 Å². The monoisotopic (exact) mass is 396 g/mol. The summed E-state index contributed by atoms with van der Waals surface area (Å²) >= 11 is 1.31. The van der Waals surface area contributed by atoms with E-state index in [0.717, 1.165) is 23.4 Å². The molecule has 28 heavy (non-hydrogen) atoms. The molecule has 2 aromatic carbocycles. The summed E-state index contributed by atoms with van der Waals surface area (Å²) in [6.07, 6.45) is 2.19. The van der Waals surface area contributed by atoms with Crippen molar-refractivity contribution in [3.05, 3.63) is 81.1 Å². The maximum atomic E-state index is 12.9. The van der Waals surface area contributed by atoms with Crippen LogP contribution in [0.3, 0.4) is 0 Å². The lowest BCUT2D eigenvalue weighted by Crippen LogP contribution is -2.22. The van der Waals surface area contributed by atoms with Crippen LogP contribution in [0.25, 0.3) is 0 Å². The second-order valence-corrected chi connectivity index (χ2v) is 8.04. The lowest BCUT2D eigenvalue weighted by molar-refractivity contribution is 0.0950. The van der Waals surface area contributed by atoms with E-state index in [4.69, 9.17) is 0 Å². The summed E-state index contributed by atoms with van der Waals surface area (Å²) in [5.74, 6) is -0.556. The molecule has 144 valence electrons. The van der Waals surface area contributed by atoms with Gasteiger partial charge < -0.3 is 5.32 Å². The van der Waals surface area contributed by atoms with Crippen LogP contribution in [0.4, 0.5) is 4.39 Å². The Morgan fingerprint density at radius 2 is 2.00 bits per heavy atom. The molecule has 0 fully saturated rings. The molecular weight excluding hydrogens is 375 g/mol. The van der Waals surface area contributed by atoms with Crippen molar-refractivity contribution >= 4 is 17.2 Å². The van der Waals surface area contributed by atoms with Gasteiger partial charge in [0.25, 0.3) is 5.91 Å². The Labute approximate surface area is 167 Å². The number of halogens is 1. The lowest BCUT2D eigenvalue weighted by Gasteiger charge is -2.23. The molecular formula is C21H21FN4OS. The molecule has 0 saturated carbocycles. The lowest BCUT2D eigenvalue weighted by atomic mass is 10.1. The number of aromatic nitrogens is 2. The number of rotatable bonds is 6. The first-order chi connectivity index (χ1) is 13.6. The van der Waals surface area contributed by atoms with E-state index in [0.29, 0.717) is 24.1 Å². The van der Waals surface area contributed by atoms with Crippen LogP contribution in [0.15, 0.2) is 48.5 Å². The van der Waals surface area contributed by atoms with E-state index in [1.165, 1.54) is 34.6 Å². The largest absolute Gasteiger partial charge is 0.346 e. The fourth-order valence-corrected chi connectivity index (χ4v) is 4.41. The zero-order valence-corrected chi connectivity index (χ0v) is 16.4. The van der Waals surface area contributed by atoms with Gasteiger partial charge in [-0.15, -0.1) is 10.2 Å².